The minimum Gasteiger partial charge on any atom is -0.404 e. The average Bonchev–Trinajstić information content (AvgIpc) is 3.06. The molecule has 6 heteroatoms. The summed E-state index contributed by atoms with van der Waals surface area (Å²) in [5, 5.41) is 20.5. The van der Waals surface area contributed by atoms with Gasteiger partial charge in [0.25, 0.3) is 0 Å². The molecule has 0 N–H and O–H groups in total. The van der Waals surface area contributed by atoms with Gasteiger partial charge < -0.3 is 8.98 Å². The Morgan fingerprint density at radius 1 is 1.30 bits per heavy atom. The zero-order chi connectivity index (χ0) is 14.1. The van der Waals surface area contributed by atoms with E-state index in [4.69, 9.17) is 9.68 Å². The molecule has 0 saturated carbocycles. The number of furan rings is 1. The van der Waals surface area contributed by atoms with Gasteiger partial charge in [-0.3, -0.25) is 10.1 Å². The lowest BCUT2D eigenvalue weighted by Gasteiger charge is -2.02. The maximum Gasteiger partial charge on any atom is 0.433 e. The Kier molecular flexibility index (Phi) is 2.73. The first kappa shape index (κ1) is 12.0. The van der Waals surface area contributed by atoms with Gasteiger partial charge in [0.15, 0.2) is 0 Å². The molecule has 3 aromatic rings. The van der Waals surface area contributed by atoms with Crippen molar-refractivity contribution in [3.63, 3.8) is 0 Å². The van der Waals surface area contributed by atoms with Gasteiger partial charge in [0.2, 0.25) is 0 Å². The van der Waals surface area contributed by atoms with Gasteiger partial charge in [-0.25, -0.2) is 0 Å². The molecule has 0 radical (unpaired) electrons. The highest BCUT2D eigenvalue weighted by Gasteiger charge is 2.13. The van der Waals surface area contributed by atoms with E-state index in [-0.39, 0.29) is 5.88 Å². The molecular formula is C14H9N3O3. The van der Waals surface area contributed by atoms with E-state index >= 15 is 0 Å². The second kappa shape index (κ2) is 4.55. The third-order valence-electron chi connectivity index (χ3n) is 3.09. The zero-order valence-corrected chi connectivity index (χ0v) is 10.3. The van der Waals surface area contributed by atoms with Gasteiger partial charge in [-0.05, 0) is 24.3 Å². The fraction of sp³-hybridized carbons (Fsp3) is 0.0714. The summed E-state index contributed by atoms with van der Waals surface area (Å²) in [7, 11) is 0. The SMILES string of the molecule is N#Cc1cccc2c1ccn2Cc1ccc([N+](=O)[O-])o1. The van der Waals surface area contributed by atoms with Crippen molar-refractivity contribution in [2.75, 3.05) is 0 Å². The highest BCUT2D eigenvalue weighted by molar-refractivity contribution is 5.86. The smallest absolute Gasteiger partial charge is 0.404 e. The Hall–Kier alpha value is -3.07. The van der Waals surface area contributed by atoms with Crippen molar-refractivity contribution in [1.82, 2.24) is 4.57 Å². The van der Waals surface area contributed by atoms with E-state index in [1.165, 1.54) is 6.07 Å². The van der Waals surface area contributed by atoms with Crippen LogP contribution in [0.5, 0.6) is 0 Å². The molecule has 1 aromatic carbocycles. The Balaban J connectivity index is 1.99. The van der Waals surface area contributed by atoms with Crippen LogP contribution in [0.2, 0.25) is 0 Å². The van der Waals surface area contributed by atoms with Crippen LogP contribution < -0.4 is 0 Å². The molecule has 3 rings (SSSR count). The van der Waals surface area contributed by atoms with Crippen LogP contribution in [0.15, 0.2) is 47.0 Å². The zero-order valence-electron chi connectivity index (χ0n) is 10.3. The molecule has 0 aliphatic heterocycles. The van der Waals surface area contributed by atoms with E-state index in [0.29, 0.717) is 17.9 Å². The van der Waals surface area contributed by atoms with Gasteiger partial charge in [0, 0.05) is 17.1 Å². The number of nitro groups is 1. The third kappa shape index (κ3) is 1.91. The second-order valence-electron chi connectivity index (χ2n) is 4.29. The summed E-state index contributed by atoms with van der Waals surface area (Å²) < 4.78 is 7.03. The Morgan fingerprint density at radius 2 is 2.15 bits per heavy atom. The summed E-state index contributed by atoms with van der Waals surface area (Å²) in [6.45, 7) is 0.381. The summed E-state index contributed by atoms with van der Waals surface area (Å²) in [4.78, 5) is 10.0. The van der Waals surface area contributed by atoms with Crippen LogP contribution in [-0.2, 0) is 6.54 Å². The minimum absolute atomic E-state index is 0.269. The summed E-state index contributed by atoms with van der Waals surface area (Å²) in [5.41, 5.74) is 1.50. The van der Waals surface area contributed by atoms with Crippen molar-refractivity contribution in [3.05, 3.63) is 64.0 Å². The van der Waals surface area contributed by atoms with Crippen LogP contribution in [0.4, 0.5) is 5.88 Å². The van der Waals surface area contributed by atoms with Crippen LogP contribution in [-0.4, -0.2) is 9.49 Å². The highest BCUT2D eigenvalue weighted by atomic mass is 16.6. The highest BCUT2D eigenvalue weighted by Crippen LogP contribution is 2.22. The number of fused-ring (bicyclic) bond motifs is 1. The lowest BCUT2D eigenvalue weighted by molar-refractivity contribution is -0.402. The van der Waals surface area contributed by atoms with Crippen LogP contribution in [0.1, 0.15) is 11.3 Å². The maximum absolute atomic E-state index is 10.6. The molecule has 0 spiro atoms. The van der Waals surface area contributed by atoms with Crippen molar-refractivity contribution >= 4 is 16.8 Å². The maximum atomic E-state index is 10.6. The molecular weight excluding hydrogens is 258 g/mol. The molecule has 0 bridgehead atoms. The summed E-state index contributed by atoms with van der Waals surface area (Å²) in [6.07, 6.45) is 1.83. The van der Waals surface area contributed by atoms with Crippen LogP contribution >= 0.6 is 0 Å². The average molecular weight is 267 g/mol. The quantitative estimate of drug-likeness (QED) is 0.539. The second-order valence-corrected chi connectivity index (χ2v) is 4.29. The van der Waals surface area contributed by atoms with E-state index in [0.717, 1.165) is 10.9 Å². The summed E-state index contributed by atoms with van der Waals surface area (Å²) >= 11 is 0. The topological polar surface area (TPSA) is 85.0 Å². The van der Waals surface area contributed by atoms with Gasteiger partial charge in [-0.15, -0.1) is 0 Å². The molecule has 0 atom stereocenters. The molecule has 0 amide bonds. The summed E-state index contributed by atoms with van der Waals surface area (Å²) in [5.74, 6) is 0.228. The van der Waals surface area contributed by atoms with Crippen molar-refractivity contribution in [3.8, 4) is 6.07 Å². The Labute approximate surface area is 113 Å². The largest absolute Gasteiger partial charge is 0.433 e. The number of rotatable bonds is 3. The van der Waals surface area contributed by atoms with Crippen molar-refractivity contribution in [2.24, 2.45) is 0 Å². The molecule has 0 aliphatic carbocycles. The van der Waals surface area contributed by atoms with Crippen molar-refractivity contribution in [2.45, 2.75) is 6.54 Å². The fourth-order valence-corrected chi connectivity index (χ4v) is 2.18. The van der Waals surface area contributed by atoms with Gasteiger partial charge in [-0.1, -0.05) is 6.07 Å². The van der Waals surface area contributed by atoms with Gasteiger partial charge in [0.05, 0.1) is 24.2 Å². The first-order chi connectivity index (χ1) is 9.69. The monoisotopic (exact) mass is 267 g/mol. The van der Waals surface area contributed by atoms with Crippen molar-refractivity contribution in [1.29, 1.82) is 5.26 Å². The minimum atomic E-state index is -0.564. The standard InChI is InChI=1S/C14H9N3O3/c15-8-10-2-1-3-13-12(10)6-7-16(13)9-11-4-5-14(20-11)17(18)19/h1-7H,9H2. The van der Waals surface area contributed by atoms with Crippen molar-refractivity contribution < 1.29 is 9.34 Å². The molecule has 98 valence electrons. The number of nitrogens with zero attached hydrogens (tertiary/aromatic N) is 3. The molecule has 2 heterocycles. The predicted molar refractivity (Wildman–Crippen MR) is 71.1 cm³/mol. The predicted octanol–water partition coefficient (Wildman–Crippen LogP) is 3.06. The van der Waals surface area contributed by atoms with Gasteiger partial charge in [0.1, 0.15) is 10.7 Å². The number of nitriles is 1. The van der Waals surface area contributed by atoms with E-state index in [9.17, 15) is 10.1 Å². The molecule has 2 aromatic heterocycles. The lowest BCUT2D eigenvalue weighted by Crippen LogP contribution is -1.96. The fourth-order valence-electron chi connectivity index (χ4n) is 2.18. The van der Waals surface area contributed by atoms with E-state index in [2.05, 4.69) is 6.07 Å². The lowest BCUT2D eigenvalue weighted by atomic mass is 10.1. The first-order valence-electron chi connectivity index (χ1n) is 5.90. The van der Waals surface area contributed by atoms with Crippen LogP contribution in [0.3, 0.4) is 0 Å². The first-order valence-corrected chi connectivity index (χ1v) is 5.90. The number of hydrogen-bond donors (Lipinski definition) is 0. The Morgan fingerprint density at radius 3 is 2.85 bits per heavy atom. The molecule has 20 heavy (non-hydrogen) atoms. The number of hydrogen-bond acceptors (Lipinski definition) is 4. The van der Waals surface area contributed by atoms with Gasteiger partial charge in [-0.2, -0.15) is 5.26 Å². The molecule has 0 aliphatic rings. The molecule has 0 fully saturated rings. The molecule has 6 nitrogen and oxygen atoms in total. The van der Waals surface area contributed by atoms with E-state index in [1.807, 2.05) is 29.0 Å². The number of aromatic nitrogens is 1. The van der Waals surface area contributed by atoms with Crippen LogP contribution in [0, 0.1) is 21.4 Å². The van der Waals surface area contributed by atoms with E-state index in [1.54, 1.807) is 12.1 Å². The normalized spacial score (nSPS) is 10.6. The third-order valence-corrected chi connectivity index (χ3v) is 3.09. The number of benzene rings is 1. The Bertz CT molecular complexity index is 839. The van der Waals surface area contributed by atoms with Gasteiger partial charge >= 0.3 is 5.88 Å². The molecule has 0 saturated heterocycles. The van der Waals surface area contributed by atoms with E-state index < -0.39 is 4.92 Å². The molecule has 0 unspecified atom stereocenters. The van der Waals surface area contributed by atoms with Crippen LogP contribution in [0.25, 0.3) is 10.9 Å². The summed E-state index contributed by atoms with van der Waals surface area (Å²) in [6, 6.07) is 12.4.